The first-order valence-corrected chi connectivity index (χ1v) is 9.76. The Labute approximate surface area is 177 Å². The van der Waals surface area contributed by atoms with Gasteiger partial charge >= 0.3 is 0 Å². The molecular weight excluding hydrogens is 396 g/mol. The van der Waals surface area contributed by atoms with Crippen LogP contribution in [0.2, 0.25) is 0 Å². The Balaban J connectivity index is 1.47. The Bertz CT molecular complexity index is 1260. The minimum atomic E-state index is -0.459. The number of nitrogens with one attached hydrogen (secondary N) is 2. The van der Waals surface area contributed by atoms with Crippen molar-refractivity contribution in [1.82, 2.24) is 14.7 Å². The number of benzene rings is 1. The number of anilines is 1. The lowest BCUT2D eigenvalue weighted by molar-refractivity contribution is -0.116. The SMILES string of the molecule is O=C(CCc1ccccc1)Nc1cnc2ccc(C(=O)NCc3ccco3)cn2c1=O. The van der Waals surface area contributed by atoms with Gasteiger partial charge in [0, 0.05) is 12.6 Å². The zero-order chi connectivity index (χ0) is 21.6. The summed E-state index contributed by atoms with van der Waals surface area (Å²) in [7, 11) is 0. The lowest BCUT2D eigenvalue weighted by atomic mass is 10.1. The topological polar surface area (TPSA) is 106 Å². The zero-order valence-electron chi connectivity index (χ0n) is 16.6. The monoisotopic (exact) mass is 416 g/mol. The summed E-state index contributed by atoms with van der Waals surface area (Å²) >= 11 is 0. The van der Waals surface area contributed by atoms with Gasteiger partial charge in [0.1, 0.15) is 17.1 Å². The van der Waals surface area contributed by atoms with Crippen LogP contribution in [-0.2, 0) is 17.8 Å². The van der Waals surface area contributed by atoms with Crippen LogP contribution in [0.5, 0.6) is 0 Å². The number of carbonyl (C=O) groups is 2. The molecule has 0 saturated carbocycles. The van der Waals surface area contributed by atoms with Gasteiger partial charge in [0.25, 0.3) is 11.5 Å². The van der Waals surface area contributed by atoms with Crippen molar-refractivity contribution in [3.05, 3.63) is 100 Å². The van der Waals surface area contributed by atoms with Crippen molar-refractivity contribution in [1.29, 1.82) is 0 Å². The maximum atomic E-state index is 12.8. The van der Waals surface area contributed by atoms with Crippen LogP contribution in [0.15, 0.2) is 82.5 Å². The number of carbonyl (C=O) groups excluding carboxylic acids is 2. The minimum absolute atomic E-state index is 0.0590. The van der Waals surface area contributed by atoms with E-state index in [1.807, 2.05) is 30.3 Å². The molecule has 0 unspecified atom stereocenters. The van der Waals surface area contributed by atoms with Crippen LogP contribution in [0.3, 0.4) is 0 Å². The lowest BCUT2D eigenvalue weighted by Gasteiger charge is -2.08. The van der Waals surface area contributed by atoms with Crippen molar-refractivity contribution in [2.75, 3.05) is 5.32 Å². The number of fused-ring (bicyclic) bond motifs is 1. The molecule has 8 nitrogen and oxygen atoms in total. The molecule has 0 aliphatic rings. The number of furan rings is 1. The van der Waals surface area contributed by atoms with Crippen LogP contribution in [0.1, 0.15) is 28.1 Å². The Morgan fingerprint density at radius 1 is 1.03 bits per heavy atom. The molecule has 31 heavy (non-hydrogen) atoms. The van der Waals surface area contributed by atoms with E-state index in [-0.39, 0.29) is 36.0 Å². The summed E-state index contributed by atoms with van der Waals surface area (Å²) in [4.78, 5) is 41.7. The van der Waals surface area contributed by atoms with Gasteiger partial charge in [0.15, 0.2) is 0 Å². The summed E-state index contributed by atoms with van der Waals surface area (Å²) in [6, 6.07) is 16.3. The van der Waals surface area contributed by atoms with E-state index in [1.165, 1.54) is 23.1 Å². The summed E-state index contributed by atoms with van der Waals surface area (Å²) in [5, 5.41) is 5.34. The van der Waals surface area contributed by atoms with Crippen molar-refractivity contribution in [2.24, 2.45) is 0 Å². The number of aryl methyl sites for hydroxylation is 1. The third kappa shape index (κ3) is 4.87. The van der Waals surface area contributed by atoms with Crippen LogP contribution in [-0.4, -0.2) is 21.2 Å². The average Bonchev–Trinajstić information content (AvgIpc) is 3.32. The van der Waals surface area contributed by atoms with Gasteiger partial charge in [-0.1, -0.05) is 30.3 Å². The molecule has 0 spiro atoms. The van der Waals surface area contributed by atoms with E-state index in [4.69, 9.17) is 4.42 Å². The highest BCUT2D eigenvalue weighted by Gasteiger charge is 2.12. The number of aromatic nitrogens is 2. The van der Waals surface area contributed by atoms with Crippen molar-refractivity contribution < 1.29 is 14.0 Å². The van der Waals surface area contributed by atoms with Crippen LogP contribution in [0.4, 0.5) is 5.69 Å². The van der Waals surface area contributed by atoms with Crippen LogP contribution >= 0.6 is 0 Å². The summed E-state index contributed by atoms with van der Waals surface area (Å²) in [6.45, 7) is 0.231. The van der Waals surface area contributed by atoms with Gasteiger partial charge in [-0.05, 0) is 36.2 Å². The van der Waals surface area contributed by atoms with Crippen LogP contribution in [0, 0.1) is 0 Å². The molecule has 4 rings (SSSR count). The third-order valence-electron chi connectivity index (χ3n) is 4.73. The van der Waals surface area contributed by atoms with Gasteiger partial charge in [-0.3, -0.25) is 18.8 Å². The quantitative estimate of drug-likeness (QED) is 0.482. The van der Waals surface area contributed by atoms with E-state index in [2.05, 4.69) is 15.6 Å². The summed E-state index contributed by atoms with van der Waals surface area (Å²) in [5.41, 5.74) is 1.30. The molecule has 3 heterocycles. The van der Waals surface area contributed by atoms with E-state index >= 15 is 0 Å². The van der Waals surface area contributed by atoms with Gasteiger partial charge in [0.2, 0.25) is 5.91 Å². The molecular formula is C23H20N4O4. The van der Waals surface area contributed by atoms with Crippen molar-refractivity contribution in [3.8, 4) is 0 Å². The standard InChI is InChI=1S/C23H20N4O4/c28-21(11-8-16-5-2-1-3-6-16)26-19-14-24-20-10-9-17(15-27(20)23(19)30)22(29)25-13-18-7-4-12-31-18/h1-7,9-10,12,14-15H,8,11,13H2,(H,25,29)(H,26,28). The first-order valence-electron chi connectivity index (χ1n) is 9.76. The number of rotatable bonds is 7. The third-order valence-corrected chi connectivity index (χ3v) is 4.73. The molecule has 2 N–H and O–H groups in total. The summed E-state index contributed by atoms with van der Waals surface area (Å²) in [6.07, 6.45) is 5.06. The van der Waals surface area contributed by atoms with Crippen molar-refractivity contribution in [2.45, 2.75) is 19.4 Å². The van der Waals surface area contributed by atoms with Gasteiger partial charge < -0.3 is 15.1 Å². The molecule has 8 heteroatoms. The minimum Gasteiger partial charge on any atom is -0.467 e. The zero-order valence-corrected chi connectivity index (χ0v) is 16.6. The predicted molar refractivity (Wildman–Crippen MR) is 115 cm³/mol. The molecule has 0 aliphatic heterocycles. The molecule has 1 aromatic carbocycles. The van der Waals surface area contributed by atoms with E-state index in [0.717, 1.165) is 5.56 Å². The second-order valence-electron chi connectivity index (χ2n) is 6.92. The molecule has 0 radical (unpaired) electrons. The number of amides is 2. The van der Waals surface area contributed by atoms with E-state index in [9.17, 15) is 14.4 Å². The summed E-state index contributed by atoms with van der Waals surface area (Å²) in [5.74, 6) is -0.0222. The molecule has 0 aliphatic carbocycles. The smallest absolute Gasteiger partial charge is 0.281 e. The Morgan fingerprint density at radius 3 is 2.65 bits per heavy atom. The Morgan fingerprint density at radius 2 is 1.87 bits per heavy atom. The average molecular weight is 416 g/mol. The molecule has 2 amide bonds. The molecule has 156 valence electrons. The van der Waals surface area contributed by atoms with E-state index in [1.54, 1.807) is 24.3 Å². The van der Waals surface area contributed by atoms with Crippen LogP contribution in [0.25, 0.3) is 5.65 Å². The van der Waals surface area contributed by atoms with E-state index < -0.39 is 5.56 Å². The first-order chi connectivity index (χ1) is 15.1. The molecule has 4 aromatic rings. The highest BCUT2D eigenvalue weighted by molar-refractivity contribution is 5.94. The first kappa shape index (κ1) is 20.1. The van der Waals surface area contributed by atoms with Crippen molar-refractivity contribution >= 4 is 23.1 Å². The predicted octanol–water partition coefficient (Wildman–Crippen LogP) is 2.79. The molecule has 0 saturated heterocycles. The molecule has 0 bridgehead atoms. The second kappa shape index (κ2) is 9.08. The van der Waals surface area contributed by atoms with Gasteiger partial charge in [-0.15, -0.1) is 0 Å². The molecule has 0 fully saturated rings. The lowest BCUT2D eigenvalue weighted by Crippen LogP contribution is -2.26. The van der Waals surface area contributed by atoms with Crippen molar-refractivity contribution in [3.63, 3.8) is 0 Å². The fourth-order valence-corrected chi connectivity index (χ4v) is 3.09. The van der Waals surface area contributed by atoms with Gasteiger partial charge in [-0.2, -0.15) is 0 Å². The molecule has 0 atom stereocenters. The van der Waals surface area contributed by atoms with Crippen LogP contribution < -0.4 is 16.2 Å². The highest BCUT2D eigenvalue weighted by atomic mass is 16.3. The summed E-state index contributed by atoms with van der Waals surface area (Å²) < 4.78 is 6.43. The van der Waals surface area contributed by atoms with Gasteiger partial charge in [-0.25, -0.2) is 4.98 Å². The number of nitrogens with zero attached hydrogens (tertiary/aromatic N) is 2. The fraction of sp³-hybridized carbons (Fsp3) is 0.130. The van der Waals surface area contributed by atoms with Gasteiger partial charge in [0.05, 0.1) is 24.6 Å². The Kier molecular flexibility index (Phi) is 5.89. The highest BCUT2D eigenvalue weighted by Crippen LogP contribution is 2.08. The number of hydrogen-bond donors (Lipinski definition) is 2. The maximum absolute atomic E-state index is 12.8. The largest absolute Gasteiger partial charge is 0.467 e. The fourth-order valence-electron chi connectivity index (χ4n) is 3.09. The second-order valence-corrected chi connectivity index (χ2v) is 6.92. The maximum Gasteiger partial charge on any atom is 0.281 e. The number of hydrogen-bond acceptors (Lipinski definition) is 5. The number of pyridine rings is 1. The van der Waals surface area contributed by atoms with E-state index in [0.29, 0.717) is 17.8 Å². The Hall–Kier alpha value is -4.20. The molecule has 3 aromatic heterocycles. The normalized spacial score (nSPS) is 10.7.